The fraction of sp³-hybridized carbons (Fsp3) is 0.263. The van der Waals surface area contributed by atoms with Crippen LogP contribution in [0, 0.1) is 20.2 Å². The fourth-order valence-electron chi connectivity index (χ4n) is 2.51. The third kappa shape index (κ3) is 8.42. The molecule has 0 saturated carbocycles. The molecule has 0 heterocycles. The van der Waals surface area contributed by atoms with Crippen molar-refractivity contribution in [3.05, 3.63) is 76.7 Å². The summed E-state index contributed by atoms with van der Waals surface area (Å²) in [6.07, 6.45) is 0.471. The topological polar surface area (TPSA) is 150 Å². The van der Waals surface area contributed by atoms with Crippen molar-refractivity contribution in [1.29, 1.82) is 0 Å². The zero-order valence-electron chi connectivity index (χ0n) is 16.2. The highest BCUT2D eigenvalue weighted by molar-refractivity contribution is 9.11. The van der Waals surface area contributed by atoms with Crippen LogP contribution in [0.4, 0.5) is 11.4 Å². The number of carbonyl (C=O) groups excluding carboxylic acids is 1. The second-order valence-electron chi connectivity index (χ2n) is 5.98. The number of para-hydroxylation sites is 2. The van der Waals surface area contributed by atoms with Crippen molar-refractivity contribution in [2.45, 2.75) is 25.7 Å². The first-order valence-electron chi connectivity index (χ1n) is 8.70. The highest BCUT2D eigenvalue weighted by Crippen LogP contribution is 2.30. The van der Waals surface area contributed by atoms with Gasteiger partial charge in [0.15, 0.2) is 0 Å². The summed E-state index contributed by atoms with van der Waals surface area (Å²) in [5.41, 5.74) is 0.895. The summed E-state index contributed by atoms with van der Waals surface area (Å²) >= 11 is 6.18. The van der Waals surface area contributed by atoms with Crippen LogP contribution in [-0.4, -0.2) is 34.0 Å². The molecular formula is C19H18Br2N2O8. The van der Waals surface area contributed by atoms with Crippen molar-refractivity contribution < 1.29 is 29.3 Å². The summed E-state index contributed by atoms with van der Waals surface area (Å²) in [5.74, 6) is -1.35. The lowest BCUT2D eigenvalue weighted by molar-refractivity contribution is -0.386. The van der Waals surface area contributed by atoms with E-state index in [1.807, 2.05) is 0 Å². The number of hydrogen-bond donors (Lipinski definition) is 1. The number of benzene rings is 2. The molecule has 31 heavy (non-hydrogen) atoms. The van der Waals surface area contributed by atoms with Crippen LogP contribution in [0.25, 0.3) is 0 Å². The summed E-state index contributed by atoms with van der Waals surface area (Å²) in [6.45, 7) is 0. The molecule has 0 aliphatic carbocycles. The molecule has 0 amide bonds. The van der Waals surface area contributed by atoms with Gasteiger partial charge in [-0.1, -0.05) is 24.3 Å². The monoisotopic (exact) mass is 560 g/mol. The zero-order chi connectivity index (χ0) is 23.6. The second kappa shape index (κ2) is 12.7. The van der Waals surface area contributed by atoms with Gasteiger partial charge in [0.05, 0.1) is 25.9 Å². The van der Waals surface area contributed by atoms with Gasteiger partial charge in [0, 0.05) is 24.0 Å². The Morgan fingerprint density at radius 3 is 1.68 bits per heavy atom. The Hall–Kier alpha value is -2.86. The normalized spacial score (nSPS) is 9.90. The number of nitrogens with zero attached hydrogens (tertiary/aromatic N) is 2. The van der Waals surface area contributed by atoms with Crippen LogP contribution in [0.15, 0.2) is 45.3 Å². The molecule has 2 aromatic rings. The molecule has 0 aromatic heterocycles. The first-order chi connectivity index (χ1) is 14.6. The minimum absolute atomic E-state index is 0.00593. The van der Waals surface area contributed by atoms with E-state index in [2.05, 4.69) is 36.6 Å². The van der Waals surface area contributed by atoms with E-state index in [-0.39, 0.29) is 36.6 Å². The van der Waals surface area contributed by atoms with Gasteiger partial charge in [-0.05, 0) is 56.8 Å². The SMILES string of the molecule is COC(=O)CCc1cccc(Br)c1[N+](=O)[O-].O=C(O)CCc1cccc(Br)c1[N+](=O)[O-]. The van der Waals surface area contributed by atoms with Gasteiger partial charge < -0.3 is 9.84 Å². The van der Waals surface area contributed by atoms with Crippen molar-refractivity contribution in [2.24, 2.45) is 0 Å². The molecule has 1 N–H and O–H groups in total. The number of carboxylic acid groups (broad SMARTS) is 1. The van der Waals surface area contributed by atoms with E-state index in [1.54, 1.807) is 36.4 Å². The predicted octanol–water partition coefficient (Wildman–Crippen LogP) is 4.84. The third-order valence-electron chi connectivity index (χ3n) is 3.94. The molecule has 0 bridgehead atoms. The quantitative estimate of drug-likeness (QED) is 0.273. The van der Waals surface area contributed by atoms with Crippen molar-refractivity contribution in [3.8, 4) is 0 Å². The fourth-order valence-corrected chi connectivity index (χ4v) is 3.62. The molecule has 0 radical (unpaired) electrons. The van der Waals surface area contributed by atoms with Crippen molar-refractivity contribution in [1.82, 2.24) is 0 Å². The number of aliphatic carboxylic acids is 1. The van der Waals surface area contributed by atoms with E-state index in [9.17, 15) is 29.8 Å². The van der Waals surface area contributed by atoms with Crippen LogP contribution in [0.1, 0.15) is 24.0 Å². The van der Waals surface area contributed by atoms with E-state index in [0.29, 0.717) is 26.5 Å². The first kappa shape index (κ1) is 26.2. The number of esters is 1. The molecule has 0 atom stereocenters. The lowest BCUT2D eigenvalue weighted by atomic mass is 10.1. The molecule has 2 rings (SSSR count). The highest BCUT2D eigenvalue weighted by atomic mass is 79.9. The summed E-state index contributed by atoms with van der Waals surface area (Å²) < 4.78 is 5.27. The lowest BCUT2D eigenvalue weighted by Crippen LogP contribution is -2.04. The molecule has 0 aliphatic rings. The van der Waals surface area contributed by atoms with E-state index < -0.39 is 15.8 Å². The van der Waals surface area contributed by atoms with Crippen LogP contribution >= 0.6 is 31.9 Å². The van der Waals surface area contributed by atoms with Gasteiger partial charge in [-0.3, -0.25) is 29.8 Å². The zero-order valence-corrected chi connectivity index (χ0v) is 19.4. The standard InChI is InChI=1S/C10H10BrNO4.C9H8BrNO4/c1-16-9(13)6-5-7-3-2-4-8(11)10(7)12(14)15;10-7-3-1-2-6(4-5-8(12)13)9(7)11(14)15/h2-4H,5-6H2,1H3;1-3H,4-5H2,(H,12,13). The lowest BCUT2D eigenvalue weighted by Gasteiger charge is -2.03. The molecule has 0 aliphatic heterocycles. The van der Waals surface area contributed by atoms with Gasteiger partial charge in [-0.2, -0.15) is 0 Å². The maximum atomic E-state index is 10.9. The molecular weight excluding hydrogens is 544 g/mol. The Morgan fingerprint density at radius 1 is 0.903 bits per heavy atom. The molecule has 0 saturated heterocycles. The minimum Gasteiger partial charge on any atom is -0.481 e. The average molecular weight is 562 g/mol. The Kier molecular flexibility index (Phi) is 10.8. The Morgan fingerprint density at radius 2 is 1.32 bits per heavy atom. The van der Waals surface area contributed by atoms with Crippen LogP contribution < -0.4 is 0 Å². The number of hydrogen-bond acceptors (Lipinski definition) is 7. The van der Waals surface area contributed by atoms with Gasteiger partial charge in [-0.15, -0.1) is 0 Å². The summed E-state index contributed by atoms with van der Waals surface area (Å²) in [5, 5.41) is 30.0. The second-order valence-corrected chi connectivity index (χ2v) is 7.69. The number of ether oxygens (including phenoxy) is 1. The molecule has 0 fully saturated rings. The number of methoxy groups -OCH3 is 1. The first-order valence-corrected chi connectivity index (χ1v) is 10.3. The Labute approximate surface area is 193 Å². The number of nitro benzene ring substituents is 2. The summed E-state index contributed by atoms with van der Waals surface area (Å²) in [6, 6.07) is 9.69. The average Bonchev–Trinajstić information content (AvgIpc) is 2.70. The van der Waals surface area contributed by atoms with Gasteiger partial charge in [0.1, 0.15) is 0 Å². The number of aryl methyl sites for hydroxylation is 2. The summed E-state index contributed by atoms with van der Waals surface area (Å²) in [7, 11) is 1.29. The Balaban J connectivity index is 0.000000311. The van der Waals surface area contributed by atoms with E-state index in [0.717, 1.165) is 0 Å². The van der Waals surface area contributed by atoms with Crippen molar-refractivity contribution >= 4 is 55.2 Å². The van der Waals surface area contributed by atoms with E-state index in [4.69, 9.17) is 5.11 Å². The Bertz CT molecular complexity index is 981. The van der Waals surface area contributed by atoms with E-state index in [1.165, 1.54) is 7.11 Å². The van der Waals surface area contributed by atoms with Gasteiger partial charge in [-0.25, -0.2) is 0 Å². The van der Waals surface area contributed by atoms with Gasteiger partial charge in [0.2, 0.25) is 0 Å². The molecule has 2 aromatic carbocycles. The third-order valence-corrected chi connectivity index (χ3v) is 5.22. The maximum absolute atomic E-state index is 10.9. The van der Waals surface area contributed by atoms with Crippen molar-refractivity contribution in [3.63, 3.8) is 0 Å². The number of halogens is 2. The van der Waals surface area contributed by atoms with Crippen LogP contribution in [0.5, 0.6) is 0 Å². The van der Waals surface area contributed by atoms with Gasteiger partial charge >= 0.3 is 11.9 Å². The number of rotatable bonds is 8. The maximum Gasteiger partial charge on any atom is 0.305 e. The number of carbonyl (C=O) groups is 2. The van der Waals surface area contributed by atoms with E-state index >= 15 is 0 Å². The number of carboxylic acids is 1. The highest BCUT2D eigenvalue weighted by Gasteiger charge is 2.19. The minimum atomic E-state index is -0.968. The van der Waals surface area contributed by atoms with Crippen molar-refractivity contribution in [2.75, 3.05) is 7.11 Å². The molecule has 12 heteroatoms. The predicted molar refractivity (Wildman–Crippen MR) is 118 cm³/mol. The largest absolute Gasteiger partial charge is 0.481 e. The summed E-state index contributed by atoms with van der Waals surface area (Å²) in [4.78, 5) is 41.9. The van der Waals surface area contributed by atoms with Gasteiger partial charge in [0.25, 0.3) is 11.4 Å². The number of nitro groups is 2. The molecule has 166 valence electrons. The van der Waals surface area contributed by atoms with Crippen LogP contribution in [0.2, 0.25) is 0 Å². The van der Waals surface area contributed by atoms with Crippen LogP contribution in [0.3, 0.4) is 0 Å². The molecule has 0 unspecified atom stereocenters. The van der Waals surface area contributed by atoms with Crippen LogP contribution in [-0.2, 0) is 27.2 Å². The molecule has 10 nitrogen and oxygen atoms in total. The molecule has 0 spiro atoms. The smallest absolute Gasteiger partial charge is 0.305 e.